The predicted octanol–water partition coefficient (Wildman–Crippen LogP) is 16.5. The molecule has 0 saturated carbocycles. The minimum atomic E-state index is 0.0648. The van der Waals surface area contributed by atoms with Crippen LogP contribution in [0.5, 0.6) is 41.0 Å². The van der Waals surface area contributed by atoms with Crippen LogP contribution in [0.4, 0.5) is 5.69 Å². The van der Waals surface area contributed by atoms with Crippen LogP contribution in [0.3, 0.4) is 0 Å². The van der Waals surface area contributed by atoms with E-state index in [1.807, 2.05) is 60.7 Å². The maximum atomic E-state index is 10.1. The first-order valence-electron chi connectivity index (χ1n) is 25.6. The Hall–Kier alpha value is -9.16. The van der Waals surface area contributed by atoms with Crippen LogP contribution in [0.15, 0.2) is 199 Å². The van der Waals surface area contributed by atoms with Crippen LogP contribution in [0.2, 0.25) is 0 Å². The number of hydrogen-bond donors (Lipinski definition) is 0. The second-order valence-corrected chi connectivity index (χ2v) is 19.5. The van der Waals surface area contributed by atoms with E-state index in [-0.39, 0.29) is 18.0 Å². The predicted molar refractivity (Wildman–Crippen MR) is 299 cm³/mol. The molecule has 0 aliphatic heterocycles. The van der Waals surface area contributed by atoms with Crippen LogP contribution in [0.25, 0.3) is 0 Å². The molecule has 0 atom stereocenters. The minimum Gasteiger partial charge on any atom is -0.424 e. The Kier molecular flexibility index (Phi) is 18.3. The summed E-state index contributed by atoms with van der Waals surface area (Å²) in [6.07, 6.45) is 6.38. The molecule has 0 radical (unpaired) electrons. The quantitative estimate of drug-likeness (QED) is 0.0442. The van der Waals surface area contributed by atoms with Crippen LogP contribution in [0.1, 0.15) is 120 Å². The van der Waals surface area contributed by atoms with Gasteiger partial charge in [0, 0.05) is 0 Å². The monoisotopic (exact) mass is 1000 g/mol. The van der Waals surface area contributed by atoms with Crippen LogP contribution < -0.4 is 18.9 Å². The number of aromatic nitrogens is 3. The van der Waals surface area contributed by atoms with Crippen molar-refractivity contribution in [3.8, 4) is 47.3 Å². The van der Waals surface area contributed by atoms with Crippen molar-refractivity contribution >= 4 is 11.8 Å². The number of ether oxygens (including phenoxy) is 4. The number of benzene rings is 8. The second-order valence-electron chi connectivity index (χ2n) is 19.5. The van der Waals surface area contributed by atoms with Crippen molar-refractivity contribution in [2.24, 2.45) is 4.99 Å². The fourth-order valence-electron chi connectivity index (χ4n) is 8.27. The highest BCUT2D eigenvalue weighted by Crippen LogP contribution is 2.29. The summed E-state index contributed by atoms with van der Waals surface area (Å²) in [6.45, 7) is 13.3. The van der Waals surface area contributed by atoms with E-state index in [0.717, 1.165) is 36.8 Å². The van der Waals surface area contributed by atoms with E-state index in [9.17, 15) is 4.79 Å². The highest BCUT2D eigenvalue weighted by Gasteiger charge is 2.14. The van der Waals surface area contributed by atoms with Crippen LogP contribution >= 0.6 is 0 Å². The van der Waals surface area contributed by atoms with E-state index in [2.05, 4.69) is 171 Å². The highest BCUT2D eigenvalue weighted by atomic mass is 16.5. The van der Waals surface area contributed by atoms with Crippen molar-refractivity contribution in [1.29, 1.82) is 5.26 Å². The van der Waals surface area contributed by atoms with Gasteiger partial charge in [0.1, 0.15) is 23.0 Å². The Bertz CT molecular complexity index is 3070. The molecule has 0 fully saturated rings. The number of hydrogen-bond acceptors (Lipinski definition) is 10. The van der Waals surface area contributed by atoms with Gasteiger partial charge in [0.2, 0.25) is 6.08 Å². The number of nitrogens with zero attached hydrogens (tertiary/aromatic N) is 5. The number of isocyanates is 1. The van der Waals surface area contributed by atoms with Gasteiger partial charge in [-0.1, -0.05) is 175 Å². The lowest BCUT2D eigenvalue weighted by molar-refractivity contribution is 0.362. The molecule has 1 aromatic heterocycles. The third-order valence-corrected chi connectivity index (χ3v) is 12.7. The molecule has 0 saturated heterocycles. The summed E-state index contributed by atoms with van der Waals surface area (Å²) in [6, 6.07) is 65.2. The van der Waals surface area contributed by atoms with E-state index >= 15 is 0 Å². The molecule has 1 heterocycles. The largest absolute Gasteiger partial charge is 0.424 e. The summed E-state index contributed by atoms with van der Waals surface area (Å²) in [4.78, 5) is 27.2. The molecule has 0 N–H and O–H groups in total. The first kappa shape index (κ1) is 53.1. The Balaban J connectivity index is 0.000000338. The van der Waals surface area contributed by atoms with Crippen molar-refractivity contribution in [1.82, 2.24) is 15.0 Å². The van der Waals surface area contributed by atoms with Gasteiger partial charge in [0.25, 0.3) is 6.26 Å². The molecule has 0 spiro atoms. The standard InChI is InChI=1S/C51H51N3O3.C15H10N2O2/c1-34(2)43-19-7-37(8-20-43)31-40-13-25-46(26-14-40)55-49-52-50(56-47-27-15-41(16-28-47)32-38-9-21-44(22-10-38)35(3)4)54-51(53-49)57-48-29-17-42(18-30-48)33-39-11-23-45(24-12-39)36(5)6;16-10-19-15-7-3-13(4-8-15)9-12-1-5-14(6-2-12)17-11-18/h7-30,34-36H,31-33H2,1-6H3;1-8H,9H2. The maximum Gasteiger partial charge on any atom is 0.331 e. The molecule has 0 aliphatic rings. The zero-order valence-corrected chi connectivity index (χ0v) is 43.8. The van der Waals surface area contributed by atoms with Gasteiger partial charge in [0.15, 0.2) is 0 Å². The van der Waals surface area contributed by atoms with Crippen molar-refractivity contribution < 1.29 is 23.7 Å². The average molecular weight is 1000 g/mol. The summed E-state index contributed by atoms with van der Waals surface area (Å²) in [5.41, 5.74) is 14.1. The third kappa shape index (κ3) is 15.9. The van der Waals surface area contributed by atoms with Gasteiger partial charge in [0.05, 0.1) is 5.69 Å². The molecular formula is C66H61N5O5. The van der Waals surface area contributed by atoms with Gasteiger partial charge < -0.3 is 18.9 Å². The zero-order chi connectivity index (χ0) is 53.2. The number of rotatable bonds is 19. The summed E-state index contributed by atoms with van der Waals surface area (Å²) >= 11 is 0. The molecule has 10 nitrogen and oxygen atoms in total. The second kappa shape index (κ2) is 26.2. The maximum absolute atomic E-state index is 10.1. The summed E-state index contributed by atoms with van der Waals surface area (Å²) in [7, 11) is 0. The average Bonchev–Trinajstić information content (AvgIpc) is 3.42. The van der Waals surface area contributed by atoms with Gasteiger partial charge in [-0.3, -0.25) is 0 Å². The Morgan fingerprint density at radius 3 is 0.842 bits per heavy atom. The highest BCUT2D eigenvalue weighted by molar-refractivity contribution is 5.49. The lowest BCUT2D eigenvalue weighted by Crippen LogP contribution is -2.01. The van der Waals surface area contributed by atoms with E-state index in [1.165, 1.54) is 56.2 Å². The first-order chi connectivity index (χ1) is 36.9. The summed E-state index contributed by atoms with van der Waals surface area (Å²) in [5.74, 6) is 3.83. The van der Waals surface area contributed by atoms with Crippen molar-refractivity contribution in [3.05, 3.63) is 255 Å². The fraction of sp³-hybridized carbons (Fsp3) is 0.197. The molecule has 9 rings (SSSR count). The molecule has 10 heteroatoms. The normalized spacial score (nSPS) is 10.8. The first-order valence-corrected chi connectivity index (χ1v) is 25.6. The van der Waals surface area contributed by atoms with Crippen LogP contribution in [0, 0.1) is 11.5 Å². The smallest absolute Gasteiger partial charge is 0.331 e. The van der Waals surface area contributed by atoms with Crippen molar-refractivity contribution in [2.45, 2.75) is 85.0 Å². The van der Waals surface area contributed by atoms with Gasteiger partial charge in [-0.2, -0.15) is 4.99 Å². The fourth-order valence-corrected chi connectivity index (χ4v) is 8.27. The molecule has 76 heavy (non-hydrogen) atoms. The lowest BCUT2D eigenvalue weighted by atomic mass is 9.99. The molecule has 0 unspecified atom stereocenters. The van der Waals surface area contributed by atoms with E-state index < -0.39 is 0 Å². The third-order valence-electron chi connectivity index (χ3n) is 12.7. The lowest BCUT2D eigenvalue weighted by Gasteiger charge is -2.11. The van der Waals surface area contributed by atoms with E-state index in [1.54, 1.807) is 30.5 Å². The molecule has 380 valence electrons. The van der Waals surface area contributed by atoms with Gasteiger partial charge in [-0.15, -0.1) is 20.2 Å². The van der Waals surface area contributed by atoms with Gasteiger partial charge in [-0.25, -0.2) is 4.79 Å². The van der Waals surface area contributed by atoms with Crippen LogP contribution in [-0.4, -0.2) is 21.0 Å². The Morgan fingerprint density at radius 1 is 0.368 bits per heavy atom. The molecule has 0 bridgehead atoms. The molecule has 9 aromatic rings. The molecule has 0 aliphatic carbocycles. The van der Waals surface area contributed by atoms with E-state index in [0.29, 0.717) is 46.4 Å². The molecular weight excluding hydrogens is 943 g/mol. The van der Waals surface area contributed by atoms with Crippen molar-refractivity contribution in [3.63, 3.8) is 0 Å². The number of aliphatic imine (C=N–C) groups is 1. The molecule has 8 aromatic carbocycles. The number of nitriles is 1. The summed E-state index contributed by atoms with van der Waals surface area (Å²) < 4.78 is 23.2. The Labute approximate surface area is 446 Å². The van der Waals surface area contributed by atoms with E-state index in [4.69, 9.17) is 24.2 Å². The van der Waals surface area contributed by atoms with Crippen molar-refractivity contribution in [2.75, 3.05) is 0 Å². The van der Waals surface area contributed by atoms with Gasteiger partial charge >= 0.3 is 18.0 Å². The topological polar surface area (TPSA) is 129 Å². The molecule has 0 amide bonds. The van der Waals surface area contributed by atoms with Crippen LogP contribution in [-0.2, 0) is 30.5 Å². The number of carbonyl (C=O) groups excluding carboxylic acids is 1. The Morgan fingerprint density at radius 2 is 0.605 bits per heavy atom. The minimum absolute atomic E-state index is 0.0648. The SMILES string of the molecule is CC(C)c1ccc(Cc2ccc(Oc3nc(Oc4ccc(Cc5ccc(C(C)C)cc5)cc4)nc(Oc4ccc(Cc5ccc(C(C)C)cc5)cc4)n3)cc2)cc1.N#COc1ccc(Cc2ccc(N=C=O)cc2)cc1. The summed E-state index contributed by atoms with van der Waals surface area (Å²) in [5, 5.41) is 8.39. The zero-order valence-electron chi connectivity index (χ0n) is 43.8. The van der Waals surface area contributed by atoms with Gasteiger partial charge in [-0.05, 0) is 165 Å².